The van der Waals surface area contributed by atoms with Gasteiger partial charge in [0.1, 0.15) is 11.6 Å². The number of carbonyl (C=O) groups excluding carboxylic acids is 3. The maximum atomic E-state index is 13.3. The average Bonchev–Trinajstić information content (AvgIpc) is 2.83. The lowest BCUT2D eigenvalue weighted by atomic mass is 9.72. The Labute approximate surface area is 218 Å². The van der Waals surface area contributed by atoms with Crippen LogP contribution in [-0.2, 0) is 28.9 Å². The summed E-state index contributed by atoms with van der Waals surface area (Å²) >= 11 is 0. The van der Waals surface area contributed by atoms with Gasteiger partial charge in [0.15, 0.2) is 5.78 Å². The molecule has 3 nitrogen and oxygen atoms in total. The van der Waals surface area contributed by atoms with Crippen molar-refractivity contribution in [2.24, 2.45) is 17.8 Å². The third kappa shape index (κ3) is 7.48. The van der Waals surface area contributed by atoms with Crippen molar-refractivity contribution in [1.82, 2.24) is 0 Å². The van der Waals surface area contributed by atoms with E-state index < -0.39 is 0 Å². The average molecular weight is 489 g/mol. The molecule has 3 heteroatoms. The molecule has 3 atom stereocenters. The third-order valence-electron chi connectivity index (χ3n) is 8.07. The monoisotopic (exact) mass is 488 g/mol. The topological polar surface area (TPSA) is 51.2 Å². The van der Waals surface area contributed by atoms with Gasteiger partial charge in [-0.05, 0) is 92.9 Å². The molecular weight excluding hydrogens is 444 g/mol. The summed E-state index contributed by atoms with van der Waals surface area (Å²) < 4.78 is 0. The molecule has 194 valence electrons. The van der Waals surface area contributed by atoms with Gasteiger partial charge in [0.25, 0.3) is 0 Å². The summed E-state index contributed by atoms with van der Waals surface area (Å²) in [6.45, 7) is 7.83. The first kappa shape index (κ1) is 28.0. The molecule has 3 unspecified atom stereocenters. The summed E-state index contributed by atoms with van der Waals surface area (Å²) in [5, 5.41) is 0. The summed E-state index contributed by atoms with van der Waals surface area (Å²) in [7, 11) is 0. The van der Waals surface area contributed by atoms with Gasteiger partial charge >= 0.3 is 0 Å². The van der Waals surface area contributed by atoms with E-state index in [0.29, 0.717) is 6.42 Å². The van der Waals surface area contributed by atoms with Gasteiger partial charge in [0, 0.05) is 17.9 Å². The van der Waals surface area contributed by atoms with Crippen molar-refractivity contribution in [2.75, 3.05) is 0 Å². The van der Waals surface area contributed by atoms with Gasteiger partial charge in [-0.15, -0.1) is 0 Å². The van der Waals surface area contributed by atoms with Gasteiger partial charge in [0.05, 0.1) is 6.42 Å². The van der Waals surface area contributed by atoms with Crippen molar-refractivity contribution in [3.05, 3.63) is 70.3 Å². The minimum Gasteiger partial charge on any atom is -0.300 e. The first-order valence-electron chi connectivity index (χ1n) is 14.0. The molecule has 1 aliphatic carbocycles. The maximum absolute atomic E-state index is 13.3. The van der Waals surface area contributed by atoms with Crippen LogP contribution in [0.15, 0.2) is 42.5 Å². The molecule has 2 aromatic carbocycles. The quantitative estimate of drug-likeness (QED) is 0.202. The Balaban J connectivity index is 1.65. The normalized spacial score (nSPS) is 16.9. The number of Topliss-reactive ketones (excluding diaryl/α,β-unsaturated/α-hetero) is 3. The number of hydrogen-bond donors (Lipinski definition) is 0. The van der Waals surface area contributed by atoms with E-state index in [0.717, 1.165) is 63.4 Å². The van der Waals surface area contributed by atoms with E-state index >= 15 is 0 Å². The van der Waals surface area contributed by atoms with E-state index in [1.165, 1.54) is 29.2 Å². The molecule has 0 spiro atoms. The van der Waals surface area contributed by atoms with Gasteiger partial charge in [-0.2, -0.15) is 0 Å². The van der Waals surface area contributed by atoms with E-state index in [2.05, 4.69) is 63.2 Å². The molecule has 2 aromatic rings. The van der Waals surface area contributed by atoms with Gasteiger partial charge in [-0.1, -0.05) is 69.2 Å². The Bertz CT molecular complexity index is 1040. The molecule has 0 fully saturated rings. The highest BCUT2D eigenvalue weighted by Crippen LogP contribution is 2.37. The Morgan fingerprint density at radius 2 is 1.69 bits per heavy atom. The predicted molar refractivity (Wildman–Crippen MR) is 148 cm³/mol. The van der Waals surface area contributed by atoms with Crippen LogP contribution >= 0.6 is 0 Å². The lowest BCUT2D eigenvalue weighted by Crippen LogP contribution is -2.30. The van der Waals surface area contributed by atoms with E-state index in [4.69, 9.17) is 0 Å². The highest BCUT2D eigenvalue weighted by molar-refractivity contribution is 6.00. The van der Waals surface area contributed by atoms with Gasteiger partial charge < -0.3 is 0 Å². The van der Waals surface area contributed by atoms with Crippen molar-refractivity contribution in [3.63, 3.8) is 0 Å². The van der Waals surface area contributed by atoms with Gasteiger partial charge in [-0.25, -0.2) is 0 Å². The standard InChI is InChI=1S/C33H44O3/c1-5-12-28(30(6-2)31(35)19-23(3)34)20-26-21-29-18-17-27(24(4)33(29)32(36)22-26)16-11-10-15-25-13-8-7-9-14-25/h7-9,13-14,17-18,26,28,30H,5-6,10-12,15-16,19-22H2,1-4H3. The van der Waals surface area contributed by atoms with E-state index in [1.54, 1.807) is 0 Å². The molecule has 0 radical (unpaired) electrons. The molecule has 1 aliphatic rings. The van der Waals surface area contributed by atoms with Crippen LogP contribution in [0.2, 0.25) is 0 Å². The Morgan fingerprint density at radius 1 is 0.972 bits per heavy atom. The second kappa shape index (κ2) is 13.7. The molecular formula is C33H44O3. The largest absolute Gasteiger partial charge is 0.300 e. The number of carbonyl (C=O) groups is 3. The Morgan fingerprint density at radius 3 is 2.36 bits per heavy atom. The van der Waals surface area contributed by atoms with E-state index in [1.807, 2.05) is 0 Å². The van der Waals surface area contributed by atoms with Crippen LogP contribution in [-0.4, -0.2) is 17.3 Å². The van der Waals surface area contributed by atoms with Crippen LogP contribution in [0.5, 0.6) is 0 Å². The minimum atomic E-state index is -0.0784. The molecule has 0 saturated carbocycles. The second-order valence-electron chi connectivity index (χ2n) is 10.9. The van der Waals surface area contributed by atoms with Crippen LogP contribution in [0.25, 0.3) is 0 Å². The summed E-state index contributed by atoms with van der Waals surface area (Å²) in [4.78, 5) is 37.7. The second-order valence-corrected chi connectivity index (χ2v) is 10.9. The summed E-state index contributed by atoms with van der Waals surface area (Å²) in [5.74, 6) is 0.738. The zero-order valence-electron chi connectivity index (χ0n) is 22.8. The molecule has 0 heterocycles. The fraction of sp³-hybridized carbons (Fsp3) is 0.545. The zero-order valence-corrected chi connectivity index (χ0v) is 22.8. The molecule has 0 saturated heterocycles. The van der Waals surface area contributed by atoms with Crippen LogP contribution in [0, 0.1) is 24.7 Å². The molecule has 0 amide bonds. The Hall–Kier alpha value is -2.55. The lowest BCUT2D eigenvalue weighted by Gasteiger charge is -2.32. The van der Waals surface area contributed by atoms with Gasteiger partial charge in [0.2, 0.25) is 0 Å². The number of aryl methyl sites for hydroxylation is 2. The molecule has 0 N–H and O–H groups in total. The highest BCUT2D eigenvalue weighted by atomic mass is 16.1. The lowest BCUT2D eigenvalue weighted by molar-refractivity contribution is -0.129. The molecule has 3 rings (SSSR count). The fourth-order valence-electron chi connectivity index (χ4n) is 6.33. The zero-order chi connectivity index (χ0) is 26.1. The summed E-state index contributed by atoms with van der Waals surface area (Å²) in [6.07, 6.45) is 9.54. The number of rotatable bonds is 14. The van der Waals surface area contributed by atoms with E-state index in [-0.39, 0.29) is 41.5 Å². The van der Waals surface area contributed by atoms with Crippen LogP contribution in [0.3, 0.4) is 0 Å². The van der Waals surface area contributed by atoms with E-state index in [9.17, 15) is 14.4 Å². The SMILES string of the molecule is CCCC(CC1CC(=O)c2c(ccc(CCCCc3ccccc3)c2C)C1)C(CC)C(=O)CC(C)=O. The van der Waals surface area contributed by atoms with Gasteiger partial charge in [-0.3, -0.25) is 14.4 Å². The molecule has 0 bridgehead atoms. The molecule has 0 aliphatic heterocycles. The van der Waals surface area contributed by atoms with Crippen molar-refractivity contribution in [1.29, 1.82) is 0 Å². The van der Waals surface area contributed by atoms with Crippen molar-refractivity contribution < 1.29 is 14.4 Å². The number of benzene rings is 2. The summed E-state index contributed by atoms with van der Waals surface area (Å²) in [6, 6.07) is 15.0. The van der Waals surface area contributed by atoms with Crippen LogP contribution in [0.1, 0.15) is 105 Å². The first-order chi connectivity index (χ1) is 17.3. The number of unbranched alkanes of at least 4 members (excludes halogenated alkanes) is 1. The minimum absolute atomic E-state index is 0.0402. The summed E-state index contributed by atoms with van der Waals surface area (Å²) in [5.41, 5.74) is 6.00. The predicted octanol–water partition coefficient (Wildman–Crippen LogP) is 7.69. The van der Waals surface area contributed by atoms with Crippen LogP contribution in [0.4, 0.5) is 0 Å². The number of fused-ring (bicyclic) bond motifs is 1. The van der Waals surface area contributed by atoms with Crippen molar-refractivity contribution >= 4 is 17.3 Å². The number of ketones is 3. The highest BCUT2D eigenvalue weighted by Gasteiger charge is 2.33. The van der Waals surface area contributed by atoms with Crippen molar-refractivity contribution in [2.45, 2.75) is 98.3 Å². The maximum Gasteiger partial charge on any atom is 0.163 e. The molecule has 36 heavy (non-hydrogen) atoms. The van der Waals surface area contributed by atoms with Crippen molar-refractivity contribution in [3.8, 4) is 0 Å². The molecule has 0 aromatic heterocycles. The fourth-order valence-corrected chi connectivity index (χ4v) is 6.33. The number of hydrogen-bond acceptors (Lipinski definition) is 3. The van der Waals surface area contributed by atoms with Crippen LogP contribution < -0.4 is 0 Å². The smallest absolute Gasteiger partial charge is 0.163 e. The third-order valence-corrected chi connectivity index (χ3v) is 8.07. The first-order valence-corrected chi connectivity index (χ1v) is 14.0. The Kier molecular flexibility index (Phi) is 10.6.